The first kappa shape index (κ1) is 18.5. The van der Waals surface area contributed by atoms with Crippen molar-refractivity contribution >= 4 is 11.9 Å². The maximum absolute atomic E-state index is 11.9. The minimum atomic E-state index is -0.457. The van der Waals surface area contributed by atoms with Crippen LogP contribution in [0.25, 0.3) is 0 Å². The van der Waals surface area contributed by atoms with E-state index < -0.39 is 5.97 Å². The van der Waals surface area contributed by atoms with Crippen molar-refractivity contribution in [2.75, 3.05) is 19.8 Å². The van der Waals surface area contributed by atoms with Crippen molar-refractivity contribution in [3.8, 4) is 5.75 Å². The molecular weight excluding hydrogens is 318 g/mol. The molecule has 5 heteroatoms. The molecule has 0 unspecified atom stereocenters. The Morgan fingerprint density at radius 2 is 1.72 bits per heavy atom. The predicted octanol–water partition coefficient (Wildman–Crippen LogP) is 2.99. The van der Waals surface area contributed by atoms with Gasteiger partial charge in [0.2, 0.25) is 0 Å². The van der Waals surface area contributed by atoms with E-state index in [2.05, 4.69) is 17.4 Å². The Morgan fingerprint density at radius 3 is 2.48 bits per heavy atom. The molecule has 0 bridgehead atoms. The molecule has 132 valence electrons. The molecule has 0 radical (unpaired) electrons. The molecule has 0 aliphatic heterocycles. The first-order chi connectivity index (χ1) is 12.2. The van der Waals surface area contributed by atoms with Gasteiger partial charge in [0, 0.05) is 6.54 Å². The number of carbonyl (C=O) groups excluding carboxylic acids is 2. The Labute approximate surface area is 148 Å². The number of amides is 1. The average molecular weight is 341 g/mol. The predicted molar refractivity (Wildman–Crippen MR) is 95.7 cm³/mol. The molecule has 0 aliphatic carbocycles. The lowest BCUT2D eigenvalue weighted by atomic mass is 10.1. The molecule has 0 aliphatic rings. The maximum Gasteiger partial charge on any atom is 0.341 e. The highest BCUT2D eigenvalue weighted by Crippen LogP contribution is 2.18. The van der Waals surface area contributed by atoms with Crippen molar-refractivity contribution in [2.45, 2.75) is 19.8 Å². The summed E-state index contributed by atoms with van der Waals surface area (Å²) in [4.78, 5) is 23.7. The van der Waals surface area contributed by atoms with Gasteiger partial charge >= 0.3 is 5.97 Å². The van der Waals surface area contributed by atoms with Gasteiger partial charge in [-0.25, -0.2) is 4.79 Å². The summed E-state index contributed by atoms with van der Waals surface area (Å²) in [6.45, 7) is 2.47. The highest BCUT2D eigenvalue weighted by atomic mass is 16.5. The highest BCUT2D eigenvalue weighted by Gasteiger charge is 2.13. The van der Waals surface area contributed by atoms with Crippen molar-refractivity contribution < 1.29 is 19.1 Å². The molecule has 0 saturated heterocycles. The molecule has 0 atom stereocenters. The number of hydrogen-bond donors (Lipinski definition) is 1. The van der Waals surface area contributed by atoms with E-state index in [0.29, 0.717) is 17.9 Å². The first-order valence-electron chi connectivity index (χ1n) is 8.40. The second-order valence-electron chi connectivity index (χ2n) is 5.44. The standard InChI is InChI=1S/C20H23NO4/c1-2-24-20(23)17-12-6-7-13-18(17)25-15-19(22)21-14-8-11-16-9-4-3-5-10-16/h3-7,9-10,12-13H,2,8,11,14-15H2,1H3,(H,21,22). The molecule has 5 nitrogen and oxygen atoms in total. The fourth-order valence-corrected chi connectivity index (χ4v) is 2.33. The number of ether oxygens (including phenoxy) is 2. The monoisotopic (exact) mass is 341 g/mol. The molecule has 0 aromatic heterocycles. The third-order valence-electron chi connectivity index (χ3n) is 3.55. The molecule has 25 heavy (non-hydrogen) atoms. The summed E-state index contributed by atoms with van der Waals surface area (Å²) < 4.78 is 10.4. The molecule has 0 fully saturated rings. The zero-order chi connectivity index (χ0) is 17.9. The number of para-hydroxylation sites is 1. The first-order valence-corrected chi connectivity index (χ1v) is 8.40. The number of aryl methyl sites for hydroxylation is 1. The van der Waals surface area contributed by atoms with Crippen molar-refractivity contribution in [1.29, 1.82) is 0 Å². The fraction of sp³-hybridized carbons (Fsp3) is 0.300. The van der Waals surface area contributed by atoms with E-state index in [4.69, 9.17) is 9.47 Å². The molecule has 0 spiro atoms. The lowest BCUT2D eigenvalue weighted by Crippen LogP contribution is -2.30. The Balaban J connectivity index is 1.74. The number of esters is 1. The summed E-state index contributed by atoms with van der Waals surface area (Å²) in [7, 11) is 0. The summed E-state index contributed by atoms with van der Waals surface area (Å²) in [5, 5.41) is 2.82. The number of carbonyl (C=O) groups is 2. The molecule has 2 rings (SSSR count). The normalized spacial score (nSPS) is 10.1. The zero-order valence-corrected chi connectivity index (χ0v) is 14.4. The van der Waals surface area contributed by atoms with Crippen LogP contribution in [0.5, 0.6) is 5.75 Å². The fourth-order valence-electron chi connectivity index (χ4n) is 2.33. The lowest BCUT2D eigenvalue weighted by molar-refractivity contribution is -0.123. The average Bonchev–Trinajstić information content (AvgIpc) is 2.65. The SMILES string of the molecule is CCOC(=O)c1ccccc1OCC(=O)NCCCc1ccccc1. The third-order valence-corrected chi connectivity index (χ3v) is 3.55. The van der Waals surface area contributed by atoms with Crippen LogP contribution in [-0.2, 0) is 16.0 Å². The maximum atomic E-state index is 11.9. The van der Waals surface area contributed by atoms with Gasteiger partial charge in [-0.1, -0.05) is 42.5 Å². The molecule has 0 saturated carbocycles. The van der Waals surface area contributed by atoms with Gasteiger partial charge < -0.3 is 14.8 Å². The van der Waals surface area contributed by atoms with E-state index in [1.165, 1.54) is 5.56 Å². The van der Waals surface area contributed by atoms with Crippen molar-refractivity contribution in [2.24, 2.45) is 0 Å². The van der Waals surface area contributed by atoms with Crippen LogP contribution in [0.1, 0.15) is 29.3 Å². The van der Waals surface area contributed by atoms with Gasteiger partial charge in [-0.15, -0.1) is 0 Å². The number of hydrogen-bond acceptors (Lipinski definition) is 4. The lowest BCUT2D eigenvalue weighted by Gasteiger charge is -2.11. The van der Waals surface area contributed by atoms with Crippen LogP contribution < -0.4 is 10.1 Å². The number of rotatable bonds is 9. The van der Waals surface area contributed by atoms with Crippen molar-refractivity contribution in [1.82, 2.24) is 5.32 Å². The molecule has 0 heterocycles. The smallest absolute Gasteiger partial charge is 0.341 e. The van der Waals surface area contributed by atoms with Gasteiger partial charge in [0.1, 0.15) is 11.3 Å². The second-order valence-corrected chi connectivity index (χ2v) is 5.44. The van der Waals surface area contributed by atoms with Gasteiger partial charge in [-0.3, -0.25) is 4.79 Å². The van der Waals surface area contributed by atoms with E-state index >= 15 is 0 Å². The Morgan fingerprint density at radius 1 is 1.00 bits per heavy atom. The zero-order valence-electron chi connectivity index (χ0n) is 14.4. The second kappa shape index (κ2) is 10.1. The van der Waals surface area contributed by atoms with E-state index in [-0.39, 0.29) is 19.1 Å². The van der Waals surface area contributed by atoms with E-state index in [0.717, 1.165) is 12.8 Å². The van der Waals surface area contributed by atoms with E-state index in [1.807, 2.05) is 18.2 Å². The van der Waals surface area contributed by atoms with Crippen LogP contribution in [0.4, 0.5) is 0 Å². The summed E-state index contributed by atoms with van der Waals surface area (Å²) in [6.07, 6.45) is 1.77. The molecular formula is C20H23NO4. The van der Waals surface area contributed by atoms with Gasteiger partial charge in [0.05, 0.1) is 6.61 Å². The van der Waals surface area contributed by atoms with Crippen LogP contribution in [-0.4, -0.2) is 31.6 Å². The highest BCUT2D eigenvalue weighted by molar-refractivity contribution is 5.92. The van der Waals surface area contributed by atoms with Crippen LogP contribution in [0.15, 0.2) is 54.6 Å². The summed E-state index contributed by atoms with van der Waals surface area (Å²) in [5.74, 6) is -0.325. The van der Waals surface area contributed by atoms with Crippen molar-refractivity contribution in [3.63, 3.8) is 0 Å². The van der Waals surface area contributed by atoms with E-state index in [1.54, 1.807) is 31.2 Å². The minimum Gasteiger partial charge on any atom is -0.483 e. The summed E-state index contributed by atoms with van der Waals surface area (Å²) >= 11 is 0. The quantitative estimate of drug-likeness (QED) is 0.562. The molecule has 1 amide bonds. The number of nitrogens with one attached hydrogen (secondary N) is 1. The third kappa shape index (κ3) is 6.30. The Hall–Kier alpha value is -2.82. The Bertz CT molecular complexity index is 685. The number of benzene rings is 2. The summed E-state index contributed by atoms with van der Waals surface area (Å²) in [5.41, 5.74) is 1.57. The Kier molecular flexibility index (Phi) is 7.50. The van der Waals surface area contributed by atoms with Gasteiger partial charge in [-0.2, -0.15) is 0 Å². The minimum absolute atomic E-state index is 0.137. The molecule has 2 aromatic rings. The van der Waals surface area contributed by atoms with Crippen LogP contribution in [0.3, 0.4) is 0 Å². The summed E-state index contributed by atoms with van der Waals surface area (Å²) in [6, 6.07) is 16.9. The van der Waals surface area contributed by atoms with Gasteiger partial charge in [0.25, 0.3) is 5.91 Å². The van der Waals surface area contributed by atoms with Gasteiger partial charge in [0.15, 0.2) is 6.61 Å². The van der Waals surface area contributed by atoms with Crippen LogP contribution in [0, 0.1) is 0 Å². The van der Waals surface area contributed by atoms with Gasteiger partial charge in [-0.05, 0) is 37.5 Å². The largest absolute Gasteiger partial charge is 0.483 e. The van der Waals surface area contributed by atoms with Crippen molar-refractivity contribution in [3.05, 3.63) is 65.7 Å². The van der Waals surface area contributed by atoms with Crippen LogP contribution in [0.2, 0.25) is 0 Å². The molecule has 2 aromatic carbocycles. The molecule has 1 N–H and O–H groups in total. The topological polar surface area (TPSA) is 64.6 Å². The van der Waals surface area contributed by atoms with Crippen LogP contribution >= 0.6 is 0 Å². The van der Waals surface area contributed by atoms with E-state index in [9.17, 15) is 9.59 Å².